The number of para-hydroxylation sites is 1. The summed E-state index contributed by atoms with van der Waals surface area (Å²) in [4.78, 5) is 14.4. The average Bonchev–Trinajstić information content (AvgIpc) is 2.67. The predicted molar refractivity (Wildman–Crippen MR) is 137 cm³/mol. The van der Waals surface area contributed by atoms with E-state index in [-0.39, 0.29) is 23.1 Å². The summed E-state index contributed by atoms with van der Waals surface area (Å²) in [6.45, 7) is 20.8. The second-order valence-corrected chi connectivity index (χ2v) is 20.5. The topological polar surface area (TPSA) is 38.8 Å². The lowest BCUT2D eigenvalue weighted by Crippen LogP contribution is -2.43. The van der Waals surface area contributed by atoms with Crippen LogP contribution >= 0.6 is 0 Å². The van der Waals surface area contributed by atoms with E-state index in [0.717, 1.165) is 11.3 Å². The smallest absolute Gasteiger partial charge is 0.415 e. The Kier molecular flexibility index (Phi) is 7.68. The van der Waals surface area contributed by atoms with Gasteiger partial charge in [-0.1, -0.05) is 71.5 Å². The Morgan fingerprint density at radius 1 is 1.16 bits per heavy atom. The summed E-state index contributed by atoms with van der Waals surface area (Å²) in [5.74, 6) is 3.56. The monoisotopic (exact) mass is 457 g/mol. The van der Waals surface area contributed by atoms with Gasteiger partial charge in [0.1, 0.15) is 14.1 Å². The second kappa shape index (κ2) is 9.35. The number of carbonyl (C=O) groups is 1. The van der Waals surface area contributed by atoms with Gasteiger partial charge in [-0.3, -0.25) is 4.90 Å². The van der Waals surface area contributed by atoms with Gasteiger partial charge in [-0.25, -0.2) is 4.79 Å². The summed E-state index contributed by atoms with van der Waals surface area (Å²) in [5, 5.41) is 0.165. The van der Waals surface area contributed by atoms with E-state index in [9.17, 15) is 4.79 Å². The van der Waals surface area contributed by atoms with Gasteiger partial charge < -0.3 is 9.16 Å². The van der Waals surface area contributed by atoms with Crippen molar-refractivity contribution in [3.8, 4) is 11.5 Å². The fourth-order valence-corrected chi connectivity index (χ4v) is 4.87. The molecule has 1 amide bonds. The number of rotatable bonds is 4. The van der Waals surface area contributed by atoms with Crippen LogP contribution in [0.4, 0.5) is 10.5 Å². The third-order valence-electron chi connectivity index (χ3n) is 6.09. The Hall–Kier alpha value is -1.82. The van der Waals surface area contributed by atoms with E-state index >= 15 is 0 Å². The molecule has 170 valence electrons. The van der Waals surface area contributed by atoms with Crippen molar-refractivity contribution < 1.29 is 14.0 Å². The Morgan fingerprint density at radius 3 is 2.32 bits per heavy atom. The number of benzene rings is 1. The molecule has 31 heavy (non-hydrogen) atoms. The van der Waals surface area contributed by atoms with Crippen LogP contribution in [0, 0.1) is 17.4 Å². The minimum absolute atomic E-state index is 0.165. The van der Waals surface area contributed by atoms with Gasteiger partial charge in [0.15, 0.2) is 8.32 Å². The summed E-state index contributed by atoms with van der Waals surface area (Å²) in [7, 11) is -2.04. The van der Waals surface area contributed by atoms with Gasteiger partial charge in [0, 0.05) is 18.1 Å². The molecule has 2 rings (SSSR count). The van der Waals surface area contributed by atoms with Gasteiger partial charge in [0.25, 0.3) is 0 Å². The zero-order valence-electron chi connectivity index (χ0n) is 20.9. The fourth-order valence-electron chi connectivity index (χ4n) is 3.19. The first-order valence-electron chi connectivity index (χ1n) is 11.0. The van der Waals surface area contributed by atoms with Gasteiger partial charge in [-0.05, 0) is 35.8 Å². The first kappa shape index (κ1) is 25.4. The maximum absolute atomic E-state index is 12.7. The van der Waals surface area contributed by atoms with Gasteiger partial charge in [0.2, 0.25) is 0 Å². The fraction of sp³-hybridized carbons (Fsp3) is 0.560. The molecular weight excluding hydrogens is 418 g/mol. The van der Waals surface area contributed by atoms with E-state index in [0.29, 0.717) is 6.61 Å². The summed E-state index contributed by atoms with van der Waals surface area (Å²) in [5.41, 5.74) is 6.52. The summed E-state index contributed by atoms with van der Waals surface area (Å²) >= 11 is 0. The van der Waals surface area contributed by atoms with E-state index in [1.807, 2.05) is 18.2 Å². The molecule has 1 aliphatic rings. The number of carbonyl (C=O) groups excluding carboxylic acids is 1. The molecule has 0 bridgehead atoms. The maximum atomic E-state index is 12.7. The third kappa shape index (κ3) is 6.12. The molecule has 0 aromatic heterocycles. The van der Waals surface area contributed by atoms with Gasteiger partial charge in [0.05, 0.1) is 12.8 Å². The second-order valence-electron chi connectivity index (χ2n) is 10.9. The first-order chi connectivity index (χ1) is 14.2. The molecule has 1 aliphatic heterocycles. The molecule has 1 aromatic carbocycles. The normalized spacial score (nSPS) is 17.8. The van der Waals surface area contributed by atoms with Crippen LogP contribution in [0.2, 0.25) is 37.8 Å². The minimum atomic E-state index is -1.85. The Morgan fingerprint density at radius 2 is 1.77 bits per heavy atom. The zero-order chi connectivity index (χ0) is 23.6. The van der Waals surface area contributed by atoms with Gasteiger partial charge in [-0.15, -0.1) is 5.54 Å². The lowest BCUT2D eigenvalue weighted by atomic mass is 9.88. The van der Waals surface area contributed by atoms with Crippen molar-refractivity contribution >= 4 is 33.7 Å². The molecular formula is C25H39NO3Si2. The van der Waals surface area contributed by atoms with Crippen LogP contribution in [0.25, 0.3) is 5.57 Å². The summed E-state index contributed by atoms with van der Waals surface area (Å²) in [6.07, 6.45) is 1.74. The van der Waals surface area contributed by atoms with Crippen LogP contribution in [-0.4, -0.2) is 42.2 Å². The number of fused-ring (bicyclic) bond motifs is 1. The zero-order valence-corrected chi connectivity index (χ0v) is 22.9. The lowest BCUT2D eigenvalue weighted by molar-refractivity contribution is 0.178. The van der Waals surface area contributed by atoms with Crippen molar-refractivity contribution in [3.05, 3.63) is 35.9 Å². The molecule has 2 atom stereocenters. The van der Waals surface area contributed by atoms with Crippen molar-refractivity contribution in [3.63, 3.8) is 0 Å². The van der Waals surface area contributed by atoms with E-state index in [4.69, 9.17) is 9.16 Å². The standard InChI is InChI=1S/C25H39NO3Si2/c1-19(18-29-31(9,10)25(2,3)4)22-17-20(15-16-30(6,7)8)26(24(27)28-5)23-14-12-11-13-21(22)23/h11-14,17,19-20H,18H2,1-10H3/t19-,20-/m1/s1. The predicted octanol–water partition coefficient (Wildman–Crippen LogP) is 6.56. The SMILES string of the molecule is COC(=O)N1c2ccccc2C([C@H](C)CO[Si](C)(C)C(C)(C)C)=C[C@H]1C#C[Si](C)(C)C. The molecule has 0 saturated carbocycles. The third-order valence-corrected chi connectivity index (χ3v) is 11.5. The molecule has 1 heterocycles. The summed E-state index contributed by atoms with van der Waals surface area (Å²) in [6, 6.07) is 7.67. The molecule has 0 spiro atoms. The van der Waals surface area contributed by atoms with Crippen molar-refractivity contribution in [2.24, 2.45) is 5.92 Å². The minimum Gasteiger partial charge on any atom is -0.452 e. The van der Waals surface area contributed by atoms with Crippen molar-refractivity contribution in [2.75, 3.05) is 18.6 Å². The van der Waals surface area contributed by atoms with Crippen LogP contribution in [0.15, 0.2) is 30.3 Å². The Labute approximate surface area is 191 Å². The average molecular weight is 458 g/mol. The number of nitrogens with zero attached hydrogens (tertiary/aromatic N) is 1. The highest BCUT2D eigenvalue weighted by Crippen LogP contribution is 2.40. The number of anilines is 1. The van der Waals surface area contributed by atoms with E-state index in [1.165, 1.54) is 12.7 Å². The Balaban J connectivity index is 2.48. The van der Waals surface area contributed by atoms with Gasteiger partial charge >= 0.3 is 6.09 Å². The highest BCUT2D eigenvalue weighted by molar-refractivity contribution is 6.83. The van der Waals surface area contributed by atoms with E-state index in [1.54, 1.807) is 4.90 Å². The molecule has 6 heteroatoms. The highest BCUT2D eigenvalue weighted by Gasteiger charge is 2.38. The molecule has 0 N–H and O–H groups in total. The summed E-state index contributed by atoms with van der Waals surface area (Å²) < 4.78 is 11.6. The van der Waals surface area contributed by atoms with Crippen LogP contribution in [-0.2, 0) is 9.16 Å². The molecule has 0 saturated heterocycles. The Bertz CT molecular complexity index is 898. The van der Waals surface area contributed by atoms with Crippen molar-refractivity contribution in [1.82, 2.24) is 0 Å². The molecule has 0 fully saturated rings. The van der Waals surface area contributed by atoms with Crippen LogP contribution in [0.5, 0.6) is 0 Å². The van der Waals surface area contributed by atoms with Crippen molar-refractivity contribution in [2.45, 2.75) is 71.5 Å². The first-order valence-corrected chi connectivity index (χ1v) is 17.4. The van der Waals surface area contributed by atoms with Crippen molar-refractivity contribution in [1.29, 1.82) is 0 Å². The molecule has 0 unspecified atom stereocenters. The lowest BCUT2D eigenvalue weighted by Gasteiger charge is -2.38. The molecule has 0 radical (unpaired) electrons. The number of hydrogen-bond donors (Lipinski definition) is 0. The van der Waals surface area contributed by atoms with E-state index < -0.39 is 16.4 Å². The van der Waals surface area contributed by atoms with Crippen LogP contribution in [0.1, 0.15) is 33.3 Å². The molecule has 1 aromatic rings. The quantitative estimate of drug-likeness (QED) is 0.379. The number of amides is 1. The highest BCUT2D eigenvalue weighted by atomic mass is 28.4. The van der Waals surface area contributed by atoms with Crippen LogP contribution in [0.3, 0.4) is 0 Å². The van der Waals surface area contributed by atoms with Crippen LogP contribution < -0.4 is 4.90 Å². The maximum Gasteiger partial charge on any atom is 0.415 e. The number of ether oxygens (including phenoxy) is 1. The molecule has 4 nitrogen and oxygen atoms in total. The number of methoxy groups -OCH3 is 1. The largest absolute Gasteiger partial charge is 0.452 e. The van der Waals surface area contributed by atoms with E-state index in [2.05, 4.69) is 84.0 Å². The van der Waals surface area contributed by atoms with Gasteiger partial charge in [-0.2, -0.15) is 0 Å². The molecule has 0 aliphatic carbocycles. The number of hydrogen-bond acceptors (Lipinski definition) is 3.